The molecule has 3 heterocycles. The van der Waals surface area contributed by atoms with Gasteiger partial charge < -0.3 is 20.9 Å². The first-order valence-corrected chi connectivity index (χ1v) is 9.66. The number of hydrogen-bond acceptors (Lipinski definition) is 7. The first-order valence-electron chi connectivity index (χ1n) is 9.28. The summed E-state index contributed by atoms with van der Waals surface area (Å²) in [6, 6.07) is 8.97. The number of fused-ring (bicyclic) bond motifs is 1. The maximum atomic E-state index is 12.6. The number of aromatic nitrogens is 6. The number of anilines is 4. The van der Waals surface area contributed by atoms with E-state index in [1.807, 2.05) is 32.0 Å². The average molecular weight is 426 g/mol. The molecule has 0 aliphatic carbocycles. The zero-order valence-corrected chi connectivity index (χ0v) is 17.2. The van der Waals surface area contributed by atoms with Gasteiger partial charge >= 0.3 is 0 Å². The van der Waals surface area contributed by atoms with Gasteiger partial charge in [-0.2, -0.15) is 15.1 Å². The fraction of sp³-hybridized carbons (Fsp3) is 0.211. The number of nitrogens with one attached hydrogen (secondary N) is 2. The minimum atomic E-state index is -0.228. The highest BCUT2D eigenvalue weighted by Crippen LogP contribution is 2.24. The SMILES string of the molecule is CCn1nc(C)cc1NC(=O)Cn1cnc2c(Nc3ccc(Cl)cc3)nc(N)nc21. The number of amides is 1. The molecular weight excluding hydrogens is 406 g/mol. The summed E-state index contributed by atoms with van der Waals surface area (Å²) in [4.78, 5) is 25.5. The van der Waals surface area contributed by atoms with E-state index in [0.717, 1.165) is 11.4 Å². The van der Waals surface area contributed by atoms with E-state index in [1.165, 1.54) is 6.33 Å². The van der Waals surface area contributed by atoms with Crippen LogP contribution in [0.25, 0.3) is 11.2 Å². The van der Waals surface area contributed by atoms with E-state index in [2.05, 4.69) is 30.7 Å². The van der Waals surface area contributed by atoms with Crippen LogP contribution in [0.15, 0.2) is 36.7 Å². The number of nitrogens with two attached hydrogens (primary N) is 1. The summed E-state index contributed by atoms with van der Waals surface area (Å²) < 4.78 is 3.35. The van der Waals surface area contributed by atoms with Gasteiger partial charge in [0.05, 0.1) is 12.0 Å². The van der Waals surface area contributed by atoms with Crippen LogP contribution in [0.1, 0.15) is 12.6 Å². The summed E-state index contributed by atoms with van der Waals surface area (Å²) in [5.41, 5.74) is 8.45. The number of aryl methyl sites for hydroxylation is 2. The average Bonchev–Trinajstić information content (AvgIpc) is 3.26. The predicted molar refractivity (Wildman–Crippen MR) is 116 cm³/mol. The number of halogens is 1. The second-order valence-corrected chi connectivity index (χ2v) is 7.08. The van der Waals surface area contributed by atoms with Crippen molar-refractivity contribution in [2.45, 2.75) is 26.9 Å². The topological polar surface area (TPSA) is 129 Å². The fourth-order valence-electron chi connectivity index (χ4n) is 3.06. The smallest absolute Gasteiger partial charge is 0.245 e. The molecule has 4 rings (SSSR count). The van der Waals surface area contributed by atoms with E-state index in [0.29, 0.717) is 34.4 Å². The van der Waals surface area contributed by atoms with Gasteiger partial charge in [0, 0.05) is 23.3 Å². The Bertz CT molecular complexity index is 1210. The molecule has 0 saturated heterocycles. The Kier molecular flexibility index (Phi) is 5.23. The first-order chi connectivity index (χ1) is 14.4. The molecule has 0 unspecified atom stereocenters. The Hall–Kier alpha value is -3.66. The van der Waals surface area contributed by atoms with Gasteiger partial charge in [-0.3, -0.25) is 4.79 Å². The van der Waals surface area contributed by atoms with Crippen LogP contribution in [0.2, 0.25) is 5.02 Å². The molecule has 0 saturated carbocycles. The third kappa shape index (κ3) is 4.03. The summed E-state index contributed by atoms with van der Waals surface area (Å²) in [7, 11) is 0. The van der Waals surface area contributed by atoms with E-state index < -0.39 is 0 Å². The Balaban J connectivity index is 1.58. The number of rotatable bonds is 6. The van der Waals surface area contributed by atoms with Gasteiger partial charge in [-0.05, 0) is 38.1 Å². The molecule has 1 aromatic carbocycles. The lowest BCUT2D eigenvalue weighted by Crippen LogP contribution is -2.20. The maximum Gasteiger partial charge on any atom is 0.245 e. The van der Waals surface area contributed by atoms with Crippen molar-refractivity contribution in [3.05, 3.63) is 47.4 Å². The number of benzene rings is 1. The second-order valence-electron chi connectivity index (χ2n) is 6.64. The zero-order valence-electron chi connectivity index (χ0n) is 16.4. The van der Waals surface area contributed by atoms with Crippen molar-refractivity contribution in [2.75, 3.05) is 16.4 Å². The van der Waals surface area contributed by atoms with Gasteiger partial charge in [0.2, 0.25) is 11.9 Å². The van der Waals surface area contributed by atoms with Crippen molar-refractivity contribution in [1.29, 1.82) is 0 Å². The van der Waals surface area contributed by atoms with Gasteiger partial charge in [-0.25, -0.2) is 9.67 Å². The highest BCUT2D eigenvalue weighted by molar-refractivity contribution is 6.30. The summed E-state index contributed by atoms with van der Waals surface area (Å²) in [6.07, 6.45) is 1.54. The predicted octanol–water partition coefficient (Wildman–Crippen LogP) is 2.97. The van der Waals surface area contributed by atoms with Crippen LogP contribution in [0.4, 0.5) is 23.3 Å². The van der Waals surface area contributed by atoms with Crippen molar-refractivity contribution in [3.63, 3.8) is 0 Å². The quantitative estimate of drug-likeness (QED) is 0.433. The molecule has 0 fully saturated rings. The molecular formula is C19H20ClN9O. The van der Waals surface area contributed by atoms with Gasteiger partial charge in [-0.15, -0.1) is 0 Å². The number of imidazole rings is 1. The Morgan fingerprint density at radius 3 is 2.73 bits per heavy atom. The second kappa shape index (κ2) is 7.99. The molecule has 4 aromatic rings. The molecule has 0 aliphatic rings. The van der Waals surface area contributed by atoms with E-state index in [-0.39, 0.29) is 18.4 Å². The highest BCUT2D eigenvalue weighted by Gasteiger charge is 2.16. The fourth-order valence-corrected chi connectivity index (χ4v) is 3.18. The van der Waals surface area contributed by atoms with Crippen molar-refractivity contribution in [1.82, 2.24) is 29.3 Å². The standard InChI is InChI=1S/C19H20ClN9O/c1-3-29-14(8-11(2)27-29)24-15(30)9-28-10-22-16-17(25-19(21)26-18(16)28)23-13-6-4-12(20)5-7-13/h4-8,10H,3,9H2,1-2H3,(H,24,30)(H3,21,23,25,26). The third-order valence-electron chi connectivity index (χ3n) is 4.37. The molecule has 0 bridgehead atoms. The third-order valence-corrected chi connectivity index (χ3v) is 4.62. The summed E-state index contributed by atoms with van der Waals surface area (Å²) in [6.45, 7) is 4.50. The van der Waals surface area contributed by atoms with Crippen LogP contribution >= 0.6 is 11.6 Å². The molecule has 1 amide bonds. The van der Waals surface area contributed by atoms with E-state index in [1.54, 1.807) is 21.4 Å². The lowest BCUT2D eigenvalue weighted by molar-refractivity contribution is -0.116. The minimum Gasteiger partial charge on any atom is -0.368 e. The number of nitrogen functional groups attached to an aromatic ring is 1. The summed E-state index contributed by atoms with van der Waals surface area (Å²) in [5, 5.41) is 11.0. The van der Waals surface area contributed by atoms with Crippen LogP contribution < -0.4 is 16.4 Å². The van der Waals surface area contributed by atoms with Crippen LogP contribution in [0.5, 0.6) is 0 Å². The van der Waals surface area contributed by atoms with Crippen molar-refractivity contribution in [2.24, 2.45) is 0 Å². The van der Waals surface area contributed by atoms with Crippen molar-refractivity contribution < 1.29 is 4.79 Å². The molecule has 30 heavy (non-hydrogen) atoms. The van der Waals surface area contributed by atoms with Gasteiger partial charge in [0.15, 0.2) is 17.0 Å². The Morgan fingerprint density at radius 2 is 2.00 bits per heavy atom. The maximum absolute atomic E-state index is 12.6. The van der Waals surface area contributed by atoms with Gasteiger partial charge in [-0.1, -0.05) is 11.6 Å². The first kappa shape index (κ1) is 19.6. The molecule has 11 heteroatoms. The lowest BCUT2D eigenvalue weighted by atomic mass is 10.3. The van der Waals surface area contributed by atoms with Crippen LogP contribution in [-0.2, 0) is 17.9 Å². The van der Waals surface area contributed by atoms with Crippen molar-refractivity contribution >= 4 is 51.9 Å². The largest absolute Gasteiger partial charge is 0.368 e. The summed E-state index contributed by atoms with van der Waals surface area (Å²) >= 11 is 5.93. The normalized spacial score (nSPS) is 11.0. The van der Waals surface area contributed by atoms with Crippen LogP contribution in [0, 0.1) is 6.92 Å². The van der Waals surface area contributed by atoms with E-state index >= 15 is 0 Å². The lowest BCUT2D eigenvalue weighted by Gasteiger charge is -2.09. The Labute approximate surface area is 177 Å². The molecule has 154 valence electrons. The van der Waals surface area contributed by atoms with Gasteiger partial charge in [0.1, 0.15) is 12.4 Å². The van der Waals surface area contributed by atoms with Crippen LogP contribution in [-0.4, -0.2) is 35.2 Å². The molecule has 3 aromatic heterocycles. The number of carbonyl (C=O) groups excluding carboxylic acids is 1. The molecule has 0 radical (unpaired) electrons. The molecule has 0 spiro atoms. The van der Waals surface area contributed by atoms with Crippen LogP contribution in [0.3, 0.4) is 0 Å². The highest BCUT2D eigenvalue weighted by atomic mass is 35.5. The molecule has 4 N–H and O–H groups in total. The number of carbonyl (C=O) groups is 1. The number of nitrogens with zero attached hydrogens (tertiary/aromatic N) is 6. The van der Waals surface area contributed by atoms with E-state index in [4.69, 9.17) is 17.3 Å². The summed E-state index contributed by atoms with van der Waals surface area (Å²) in [5.74, 6) is 0.927. The molecule has 10 nitrogen and oxygen atoms in total. The monoisotopic (exact) mass is 425 g/mol. The molecule has 0 atom stereocenters. The zero-order chi connectivity index (χ0) is 21.3. The number of hydrogen-bond donors (Lipinski definition) is 3. The minimum absolute atomic E-state index is 0.0152. The Morgan fingerprint density at radius 1 is 1.23 bits per heavy atom. The molecule has 0 aliphatic heterocycles. The van der Waals surface area contributed by atoms with Crippen molar-refractivity contribution in [3.8, 4) is 0 Å². The van der Waals surface area contributed by atoms with Gasteiger partial charge in [0.25, 0.3) is 0 Å². The van der Waals surface area contributed by atoms with E-state index in [9.17, 15) is 4.79 Å².